The Balaban J connectivity index is 1.36. The van der Waals surface area contributed by atoms with Crippen LogP contribution < -0.4 is 9.47 Å². The predicted octanol–water partition coefficient (Wildman–Crippen LogP) is 6.69. The number of nitrogens with zero attached hydrogens (tertiary/aromatic N) is 1. The largest absolute Gasteiger partial charge is 0.494 e. The molecule has 5 aromatic rings. The molecule has 1 aromatic heterocycles. The molecule has 5 rings (SSSR count). The highest BCUT2D eigenvalue weighted by atomic mass is 16.6. The van der Waals surface area contributed by atoms with Crippen molar-refractivity contribution in [3.63, 3.8) is 0 Å². The number of ether oxygens (including phenoxy) is 3. The van der Waals surface area contributed by atoms with Gasteiger partial charge in [-0.2, -0.15) is 0 Å². The van der Waals surface area contributed by atoms with Crippen LogP contribution in [0.25, 0.3) is 32.9 Å². The lowest BCUT2D eigenvalue weighted by molar-refractivity contribution is 0.0452. The number of carbonyl (C=O) groups is 1. The highest BCUT2D eigenvalue weighted by Gasteiger charge is 2.16. The van der Waals surface area contributed by atoms with Gasteiger partial charge in [0, 0.05) is 10.9 Å². The van der Waals surface area contributed by atoms with Crippen LogP contribution in [0, 0.1) is 0 Å². The number of carbonyl (C=O) groups excluding carboxylic acids is 1. The summed E-state index contributed by atoms with van der Waals surface area (Å²) in [4.78, 5) is 18.0. The molecule has 0 bridgehead atoms. The molecular formula is C30H25NO4. The number of hydrogen-bond donors (Lipinski definition) is 0. The lowest BCUT2D eigenvalue weighted by Gasteiger charge is -2.12. The molecule has 4 aromatic carbocycles. The van der Waals surface area contributed by atoms with Crippen LogP contribution in [0.2, 0.25) is 0 Å². The van der Waals surface area contributed by atoms with Crippen LogP contribution in [0.1, 0.15) is 17.3 Å². The van der Waals surface area contributed by atoms with E-state index in [0.29, 0.717) is 17.9 Å². The van der Waals surface area contributed by atoms with E-state index < -0.39 is 5.97 Å². The van der Waals surface area contributed by atoms with Crippen molar-refractivity contribution in [2.75, 3.05) is 19.8 Å². The second-order valence-corrected chi connectivity index (χ2v) is 7.99. The number of pyridine rings is 1. The second-order valence-electron chi connectivity index (χ2n) is 7.99. The first kappa shape index (κ1) is 22.4. The molecular weight excluding hydrogens is 438 g/mol. The van der Waals surface area contributed by atoms with E-state index in [4.69, 9.17) is 19.2 Å². The summed E-state index contributed by atoms with van der Waals surface area (Å²) in [6.45, 7) is 2.93. The molecule has 0 fully saturated rings. The van der Waals surface area contributed by atoms with E-state index in [9.17, 15) is 4.79 Å². The molecule has 35 heavy (non-hydrogen) atoms. The summed E-state index contributed by atoms with van der Waals surface area (Å²) in [6.07, 6.45) is 0. The molecule has 0 aliphatic heterocycles. The first-order chi connectivity index (χ1) is 17.2. The maximum Gasteiger partial charge on any atom is 0.339 e. The van der Waals surface area contributed by atoms with Crippen LogP contribution in [-0.4, -0.2) is 30.8 Å². The lowest BCUT2D eigenvalue weighted by Crippen LogP contribution is -2.13. The molecule has 174 valence electrons. The summed E-state index contributed by atoms with van der Waals surface area (Å²) in [5.41, 5.74) is 2.94. The minimum Gasteiger partial charge on any atom is -0.494 e. The number of rotatable bonds is 8. The molecule has 5 nitrogen and oxygen atoms in total. The number of fused-ring (bicyclic) bond motifs is 2. The zero-order chi connectivity index (χ0) is 24.0. The SMILES string of the molecule is CCOc1ccc(OCCOC(=O)c2cc(-c3cccc4ccccc34)nc3ccccc23)cc1. The van der Waals surface area contributed by atoms with Crippen molar-refractivity contribution in [2.24, 2.45) is 0 Å². The third-order valence-corrected chi connectivity index (χ3v) is 5.72. The lowest BCUT2D eigenvalue weighted by atomic mass is 9.99. The van der Waals surface area contributed by atoms with E-state index >= 15 is 0 Å². The van der Waals surface area contributed by atoms with E-state index in [1.165, 1.54) is 0 Å². The van der Waals surface area contributed by atoms with Gasteiger partial charge in [0.15, 0.2) is 0 Å². The number of benzene rings is 4. The molecule has 0 saturated heterocycles. The molecule has 0 aliphatic carbocycles. The van der Waals surface area contributed by atoms with Crippen molar-refractivity contribution < 1.29 is 19.0 Å². The molecule has 0 saturated carbocycles. The smallest absolute Gasteiger partial charge is 0.339 e. The number of hydrogen-bond acceptors (Lipinski definition) is 5. The summed E-state index contributed by atoms with van der Waals surface area (Å²) in [7, 11) is 0. The zero-order valence-corrected chi connectivity index (χ0v) is 19.4. The Kier molecular flexibility index (Phi) is 6.57. The van der Waals surface area contributed by atoms with E-state index in [2.05, 4.69) is 18.2 Å². The van der Waals surface area contributed by atoms with Crippen molar-refractivity contribution >= 4 is 27.6 Å². The summed E-state index contributed by atoms with van der Waals surface area (Å²) in [5, 5.41) is 2.96. The molecule has 0 amide bonds. The van der Waals surface area contributed by atoms with Gasteiger partial charge in [-0.15, -0.1) is 0 Å². The monoisotopic (exact) mass is 463 g/mol. The third-order valence-electron chi connectivity index (χ3n) is 5.72. The highest BCUT2D eigenvalue weighted by Crippen LogP contribution is 2.30. The van der Waals surface area contributed by atoms with Crippen molar-refractivity contribution in [3.8, 4) is 22.8 Å². The summed E-state index contributed by atoms with van der Waals surface area (Å²) in [5.74, 6) is 1.08. The summed E-state index contributed by atoms with van der Waals surface area (Å²) in [6, 6.07) is 31.1. The van der Waals surface area contributed by atoms with Crippen molar-refractivity contribution in [1.29, 1.82) is 0 Å². The fourth-order valence-corrected chi connectivity index (χ4v) is 4.10. The van der Waals surface area contributed by atoms with E-state index in [1.54, 1.807) is 0 Å². The molecule has 1 heterocycles. The van der Waals surface area contributed by atoms with Gasteiger partial charge in [0.25, 0.3) is 0 Å². The first-order valence-electron chi connectivity index (χ1n) is 11.6. The molecule has 0 radical (unpaired) electrons. The molecule has 0 atom stereocenters. The van der Waals surface area contributed by atoms with Gasteiger partial charge in [0.05, 0.1) is 23.4 Å². The summed E-state index contributed by atoms with van der Waals surface area (Å²) >= 11 is 0. The van der Waals surface area contributed by atoms with Crippen molar-refractivity contribution in [3.05, 3.63) is 103 Å². The van der Waals surface area contributed by atoms with Crippen molar-refractivity contribution in [2.45, 2.75) is 6.92 Å². The van der Waals surface area contributed by atoms with Crippen LogP contribution in [0.5, 0.6) is 11.5 Å². The predicted molar refractivity (Wildman–Crippen MR) is 138 cm³/mol. The Morgan fingerprint density at radius 1 is 0.743 bits per heavy atom. The average molecular weight is 464 g/mol. The molecule has 0 aliphatic rings. The fraction of sp³-hybridized carbons (Fsp3) is 0.133. The van der Waals surface area contributed by atoms with E-state index in [0.717, 1.165) is 38.7 Å². The number of aromatic nitrogens is 1. The van der Waals surface area contributed by atoms with Gasteiger partial charge in [-0.25, -0.2) is 9.78 Å². The van der Waals surface area contributed by atoms with Gasteiger partial charge in [-0.3, -0.25) is 0 Å². The molecule has 0 unspecified atom stereocenters. The second kappa shape index (κ2) is 10.3. The van der Waals surface area contributed by atoms with Crippen LogP contribution in [0.3, 0.4) is 0 Å². The highest BCUT2D eigenvalue weighted by molar-refractivity contribution is 6.06. The normalized spacial score (nSPS) is 10.9. The third kappa shape index (κ3) is 4.94. The number of esters is 1. The standard InChI is InChI=1S/C30H25NO4/c1-2-33-22-14-16-23(17-15-22)34-18-19-35-30(32)27-20-29(31-28-13-6-5-11-26(27)28)25-12-7-9-21-8-3-4-10-24(21)25/h3-17,20H,2,18-19H2,1H3. The number of para-hydroxylation sites is 1. The van der Waals surface area contributed by atoms with Crippen LogP contribution in [-0.2, 0) is 4.74 Å². The first-order valence-corrected chi connectivity index (χ1v) is 11.6. The molecule has 0 N–H and O–H groups in total. The van der Waals surface area contributed by atoms with Gasteiger partial charge in [-0.05, 0) is 54.1 Å². The minimum atomic E-state index is -0.402. The van der Waals surface area contributed by atoms with Crippen LogP contribution >= 0.6 is 0 Å². The Labute approximate surface area is 203 Å². The van der Waals surface area contributed by atoms with Gasteiger partial charge in [0.1, 0.15) is 24.7 Å². The Morgan fingerprint density at radius 3 is 2.23 bits per heavy atom. The van der Waals surface area contributed by atoms with Crippen molar-refractivity contribution in [1.82, 2.24) is 4.98 Å². The maximum absolute atomic E-state index is 13.1. The zero-order valence-electron chi connectivity index (χ0n) is 19.4. The fourth-order valence-electron chi connectivity index (χ4n) is 4.10. The van der Waals surface area contributed by atoms with Gasteiger partial charge in [0.2, 0.25) is 0 Å². The Hall–Kier alpha value is -4.38. The van der Waals surface area contributed by atoms with Crippen LogP contribution in [0.4, 0.5) is 0 Å². The van der Waals surface area contributed by atoms with Gasteiger partial charge < -0.3 is 14.2 Å². The van der Waals surface area contributed by atoms with E-state index in [-0.39, 0.29) is 13.2 Å². The van der Waals surface area contributed by atoms with E-state index in [1.807, 2.05) is 85.8 Å². The quantitative estimate of drug-likeness (QED) is 0.190. The minimum absolute atomic E-state index is 0.131. The summed E-state index contributed by atoms with van der Waals surface area (Å²) < 4.78 is 16.7. The topological polar surface area (TPSA) is 57.7 Å². The molecule has 0 spiro atoms. The van der Waals surface area contributed by atoms with Gasteiger partial charge in [-0.1, -0.05) is 60.7 Å². The maximum atomic E-state index is 13.1. The molecule has 5 heteroatoms. The van der Waals surface area contributed by atoms with Gasteiger partial charge >= 0.3 is 5.97 Å². The Morgan fingerprint density at radius 2 is 1.43 bits per heavy atom. The average Bonchev–Trinajstić information content (AvgIpc) is 2.91. The van der Waals surface area contributed by atoms with Crippen LogP contribution in [0.15, 0.2) is 97.1 Å². The Bertz CT molecular complexity index is 1470.